The zero-order chi connectivity index (χ0) is 19.3. The minimum absolute atomic E-state index is 0.0553. The number of rotatable bonds is 5. The fourth-order valence-corrected chi connectivity index (χ4v) is 3.75. The highest BCUT2D eigenvalue weighted by atomic mass is 19.1. The standard InChI is InChI=1S/C18H25FN2O5/c1-17(2,10-22)16-6-11-5-15(21(23)24)13(19)7-14(11)20(16)8-12-9-25-18(3,4)26-12/h5,7,12,16,22H,6,8-10H2,1-4H3/t12-,16?/m1/s1. The van der Waals surface area contributed by atoms with Crippen LogP contribution in [0.1, 0.15) is 33.3 Å². The first-order chi connectivity index (χ1) is 12.0. The van der Waals surface area contributed by atoms with Crippen LogP contribution in [-0.2, 0) is 15.9 Å². The van der Waals surface area contributed by atoms with Gasteiger partial charge < -0.3 is 19.5 Å². The molecule has 1 fully saturated rings. The second-order valence-corrected chi connectivity index (χ2v) is 8.16. The maximum atomic E-state index is 14.2. The molecular formula is C18H25FN2O5. The summed E-state index contributed by atoms with van der Waals surface area (Å²) in [5.74, 6) is -1.53. The van der Waals surface area contributed by atoms with Gasteiger partial charge in [0.1, 0.15) is 6.10 Å². The molecule has 0 aromatic heterocycles. The molecule has 2 heterocycles. The summed E-state index contributed by atoms with van der Waals surface area (Å²) in [6, 6.07) is 2.40. The second kappa shape index (κ2) is 6.44. The van der Waals surface area contributed by atoms with Crippen molar-refractivity contribution < 1.29 is 23.9 Å². The highest BCUT2D eigenvalue weighted by molar-refractivity contribution is 5.64. The number of halogens is 1. The Morgan fingerprint density at radius 2 is 2.15 bits per heavy atom. The largest absolute Gasteiger partial charge is 0.396 e. The number of nitro groups is 1. The number of aliphatic hydroxyl groups is 1. The fraction of sp³-hybridized carbons (Fsp3) is 0.667. The Labute approximate surface area is 151 Å². The van der Waals surface area contributed by atoms with Crippen LogP contribution < -0.4 is 4.90 Å². The van der Waals surface area contributed by atoms with Crippen LogP contribution in [-0.4, -0.2) is 47.7 Å². The van der Waals surface area contributed by atoms with Crippen LogP contribution in [0.5, 0.6) is 0 Å². The first-order valence-corrected chi connectivity index (χ1v) is 8.70. The summed E-state index contributed by atoms with van der Waals surface area (Å²) in [5.41, 5.74) is 0.336. The molecule has 3 rings (SSSR count). The zero-order valence-corrected chi connectivity index (χ0v) is 15.5. The van der Waals surface area contributed by atoms with E-state index in [1.165, 1.54) is 12.1 Å². The minimum atomic E-state index is -0.856. The minimum Gasteiger partial charge on any atom is -0.396 e. The van der Waals surface area contributed by atoms with Crippen LogP contribution in [0.2, 0.25) is 0 Å². The van der Waals surface area contributed by atoms with Crippen molar-refractivity contribution in [1.29, 1.82) is 0 Å². The number of hydrogen-bond acceptors (Lipinski definition) is 6. The molecule has 0 amide bonds. The van der Waals surface area contributed by atoms with Gasteiger partial charge in [-0.1, -0.05) is 13.8 Å². The van der Waals surface area contributed by atoms with Crippen LogP contribution in [0.25, 0.3) is 0 Å². The quantitative estimate of drug-likeness (QED) is 0.635. The molecule has 26 heavy (non-hydrogen) atoms. The van der Waals surface area contributed by atoms with E-state index in [0.717, 1.165) is 0 Å². The molecule has 7 nitrogen and oxygen atoms in total. The van der Waals surface area contributed by atoms with Gasteiger partial charge in [0, 0.05) is 35.8 Å². The molecule has 0 radical (unpaired) electrons. The van der Waals surface area contributed by atoms with Gasteiger partial charge in [-0.15, -0.1) is 0 Å². The molecule has 0 bridgehead atoms. The highest BCUT2D eigenvalue weighted by Gasteiger charge is 2.43. The van der Waals surface area contributed by atoms with Crippen molar-refractivity contribution in [3.63, 3.8) is 0 Å². The molecular weight excluding hydrogens is 343 g/mol. The molecule has 0 aliphatic carbocycles. The maximum Gasteiger partial charge on any atom is 0.305 e. The summed E-state index contributed by atoms with van der Waals surface area (Å²) in [7, 11) is 0. The monoisotopic (exact) mass is 368 g/mol. The Bertz CT molecular complexity index is 722. The van der Waals surface area contributed by atoms with Gasteiger partial charge in [0.15, 0.2) is 5.79 Å². The van der Waals surface area contributed by atoms with Gasteiger partial charge in [-0.2, -0.15) is 4.39 Å². The fourth-order valence-electron chi connectivity index (χ4n) is 3.75. The topological polar surface area (TPSA) is 85.1 Å². The summed E-state index contributed by atoms with van der Waals surface area (Å²) in [6.07, 6.45) is 0.298. The summed E-state index contributed by atoms with van der Waals surface area (Å²) in [5, 5.41) is 20.9. The van der Waals surface area contributed by atoms with Crippen molar-refractivity contribution in [2.24, 2.45) is 5.41 Å². The third kappa shape index (κ3) is 3.41. The molecule has 2 aliphatic rings. The van der Waals surface area contributed by atoms with Gasteiger partial charge in [0.25, 0.3) is 0 Å². The molecule has 2 atom stereocenters. The number of aliphatic hydroxyl groups excluding tert-OH is 1. The maximum absolute atomic E-state index is 14.2. The van der Waals surface area contributed by atoms with Gasteiger partial charge in [0.2, 0.25) is 5.82 Å². The van der Waals surface area contributed by atoms with Crippen molar-refractivity contribution in [1.82, 2.24) is 0 Å². The summed E-state index contributed by atoms with van der Waals surface area (Å²) >= 11 is 0. The van der Waals surface area contributed by atoms with E-state index in [9.17, 15) is 19.6 Å². The normalized spacial score (nSPS) is 24.8. The lowest BCUT2D eigenvalue weighted by molar-refractivity contribution is -0.387. The molecule has 0 saturated carbocycles. The lowest BCUT2D eigenvalue weighted by atomic mass is 9.83. The van der Waals surface area contributed by atoms with Crippen molar-refractivity contribution in [2.45, 2.75) is 52.0 Å². The smallest absolute Gasteiger partial charge is 0.305 e. The molecule has 1 saturated heterocycles. The van der Waals surface area contributed by atoms with E-state index in [-0.39, 0.29) is 18.8 Å². The number of anilines is 1. The van der Waals surface area contributed by atoms with Crippen molar-refractivity contribution >= 4 is 11.4 Å². The molecule has 2 aliphatic heterocycles. The van der Waals surface area contributed by atoms with Gasteiger partial charge in [0.05, 0.1) is 18.1 Å². The van der Waals surface area contributed by atoms with Crippen molar-refractivity contribution in [2.75, 3.05) is 24.7 Å². The summed E-state index contributed by atoms with van der Waals surface area (Å²) < 4.78 is 25.7. The lowest BCUT2D eigenvalue weighted by Gasteiger charge is -2.39. The first-order valence-electron chi connectivity index (χ1n) is 8.70. The van der Waals surface area contributed by atoms with Gasteiger partial charge in [-0.3, -0.25) is 10.1 Å². The molecule has 1 N–H and O–H groups in total. The summed E-state index contributed by atoms with van der Waals surface area (Å²) in [6.45, 7) is 8.35. The van der Waals surface area contributed by atoms with E-state index in [4.69, 9.17) is 9.47 Å². The van der Waals surface area contributed by atoms with E-state index >= 15 is 0 Å². The van der Waals surface area contributed by atoms with E-state index in [0.29, 0.717) is 30.8 Å². The Kier molecular flexibility index (Phi) is 4.71. The number of nitrogens with zero attached hydrogens (tertiary/aromatic N) is 2. The van der Waals surface area contributed by atoms with Crippen LogP contribution in [0.3, 0.4) is 0 Å². The van der Waals surface area contributed by atoms with Crippen molar-refractivity contribution in [3.05, 3.63) is 33.6 Å². The number of hydrogen-bond donors (Lipinski definition) is 1. The molecule has 0 spiro atoms. The van der Waals surface area contributed by atoms with Crippen LogP contribution in [0.15, 0.2) is 12.1 Å². The van der Waals surface area contributed by atoms with Crippen LogP contribution >= 0.6 is 0 Å². The number of benzene rings is 1. The first kappa shape index (κ1) is 19.0. The van der Waals surface area contributed by atoms with Crippen molar-refractivity contribution in [3.8, 4) is 0 Å². The lowest BCUT2D eigenvalue weighted by Crippen LogP contribution is -2.48. The average Bonchev–Trinajstić information content (AvgIpc) is 3.07. The second-order valence-electron chi connectivity index (χ2n) is 8.16. The third-order valence-corrected chi connectivity index (χ3v) is 5.22. The van der Waals surface area contributed by atoms with Crippen LogP contribution in [0, 0.1) is 21.3 Å². The molecule has 1 aromatic carbocycles. The average molecular weight is 368 g/mol. The number of nitro benzene ring substituents is 1. The van der Waals surface area contributed by atoms with Gasteiger partial charge in [-0.05, 0) is 25.8 Å². The molecule has 144 valence electrons. The predicted octanol–water partition coefficient (Wildman–Crippen LogP) is 2.64. The zero-order valence-electron chi connectivity index (χ0n) is 15.5. The summed E-state index contributed by atoms with van der Waals surface area (Å²) in [4.78, 5) is 12.3. The number of ether oxygens (including phenoxy) is 2. The predicted molar refractivity (Wildman–Crippen MR) is 93.7 cm³/mol. The Morgan fingerprint density at radius 1 is 1.46 bits per heavy atom. The Hall–Kier alpha value is -1.77. The molecule has 8 heteroatoms. The number of fused-ring (bicyclic) bond motifs is 1. The Balaban J connectivity index is 1.96. The van der Waals surface area contributed by atoms with Gasteiger partial charge in [-0.25, -0.2) is 0 Å². The van der Waals surface area contributed by atoms with Crippen LogP contribution in [0.4, 0.5) is 15.8 Å². The van der Waals surface area contributed by atoms with E-state index in [1.807, 2.05) is 32.6 Å². The highest BCUT2D eigenvalue weighted by Crippen LogP contribution is 2.42. The molecule has 1 unspecified atom stereocenters. The van der Waals surface area contributed by atoms with Gasteiger partial charge >= 0.3 is 5.69 Å². The molecule has 1 aromatic rings. The van der Waals surface area contributed by atoms with E-state index < -0.39 is 27.6 Å². The van der Waals surface area contributed by atoms with E-state index in [2.05, 4.69) is 0 Å². The van der Waals surface area contributed by atoms with E-state index in [1.54, 1.807) is 0 Å². The Morgan fingerprint density at radius 3 is 2.69 bits per heavy atom. The third-order valence-electron chi connectivity index (χ3n) is 5.22. The SMILES string of the molecule is CC1(C)OC[C@@H](CN2c3cc(F)c([N+](=O)[O-])cc3CC2C(C)(C)CO)O1.